The highest BCUT2D eigenvalue weighted by atomic mass is 35.5. The molecule has 3 aromatic rings. The summed E-state index contributed by atoms with van der Waals surface area (Å²) in [5.41, 5.74) is 1.11. The van der Waals surface area contributed by atoms with Crippen molar-refractivity contribution in [3.8, 4) is 0 Å². The fraction of sp³-hybridized carbons (Fsp3) is 0. The molecule has 2 N–H and O–H groups in total. The van der Waals surface area contributed by atoms with Crippen LogP contribution in [0.3, 0.4) is 0 Å². The molecule has 1 aromatic carbocycles. The summed E-state index contributed by atoms with van der Waals surface area (Å²) in [6.07, 6.45) is 4.85. The molecule has 20 heavy (non-hydrogen) atoms. The Morgan fingerprint density at radius 3 is 3.05 bits per heavy atom. The molecule has 2 aromatic heterocycles. The first-order valence-electron chi connectivity index (χ1n) is 5.59. The number of fused-ring (bicyclic) bond motifs is 1. The minimum Gasteiger partial charge on any atom is -0.478 e. The Bertz CT molecular complexity index is 801. The van der Waals surface area contributed by atoms with Gasteiger partial charge in [0.1, 0.15) is 6.33 Å². The highest BCUT2D eigenvalue weighted by Crippen LogP contribution is 2.23. The lowest BCUT2D eigenvalue weighted by Crippen LogP contribution is -2.01. The highest BCUT2D eigenvalue weighted by molar-refractivity contribution is 6.33. The van der Waals surface area contributed by atoms with Gasteiger partial charge in [-0.05, 0) is 18.2 Å². The van der Waals surface area contributed by atoms with E-state index in [0.717, 1.165) is 0 Å². The van der Waals surface area contributed by atoms with E-state index in [1.807, 2.05) is 0 Å². The van der Waals surface area contributed by atoms with Crippen LogP contribution < -0.4 is 5.32 Å². The van der Waals surface area contributed by atoms with Gasteiger partial charge in [0.15, 0.2) is 5.82 Å². The van der Waals surface area contributed by atoms with Gasteiger partial charge in [0.2, 0.25) is 5.65 Å². The number of aromatic carboxylic acids is 1. The Hall–Kier alpha value is -2.67. The Labute approximate surface area is 117 Å². The monoisotopic (exact) mass is 289 g/mol. The third-order valence-electron chi connectivity index (χ3n) is 2.68. The van der Waals surface area contributed by atoms with E-state index < -0.39 is 5.97 Å². The lowest BCUT2D eigenvalue weighted by molar-refractivity contribution is 0.0697. The molecule has 0 saturated heterocycles. The lowest BCUT2D eigenvalue weighted by atomic mass is 10.2. The molecule has 7 nitrogen and oxygen atoms in total. The number of carboxylic acids is 1. The molecule has 0 spiro atoms. The molecule has 3 rings (SSSR count). The summed E-state index contributed by atoms with van der Waals surface area (Å²) in [6.45, 7) is 0. The average Bonchev–Trinajstić information content (AvgIpc) is 2.90. The molecular weight excluding hydrogens is 282 g/mol. The summed E-state index contributed by atoms with van der Waals surface area (Å²) >= 11 is 5.82. The van der Waals surface area contributed by atoms with Crippen LogP contribution in [0.2, 0.25) is 5.02 Å². The van der Waals surface area contributed by atoms with Crippen LogP contribution in [0.25, 0.3) is 5.65 Å². The number of carbonyl (C=O) groups is 1. The maximum Gasteiger partial charge on any atom is 0.337 e. The van der Waals surface area contributed by atoms with Gasteiger partial charge in [-0.3, -0.25) is 4.40 Å². The molecule has 0 bridgehead atoms. The van der Waals surface area contributed by atoms with Crippen LogP contribution in [-0.4, -0.2) is 30.7 Å². The van der Waals surface area contributed by atoms with E-state index in [1.165, 1.54) is 12.1 Å². The van der Waals surface area contributed by atoms with Gasteiger partial charge < -0.3 is 10.4 Å². The molecule has 0 unspecified atom stereocenters. The zero-order chi connectivity index (χ0) is 14.1. The zero-order valence-electron chi connectivity index (χ0n) is 9.99. The van der Waals surface area contributed by atoms with Crippen molar-refractivity contribution in [2.75, 3.05) is 5.32 Å². The second kappa shape index (κ2) is 4.78. The van der Waals surface area contributed by atoms with E-state index in [4.69, 9.17) is 16.7 Å². The topological polar surface area (TPSA) is 92.4 Å². The smallest absolute Gasteiger partial charge is 0.337 e. The second-order valence-electron chi connectivity index (χ2n) is 3.96. The number of nitrogens with zero attached hydrogens (tertiary/aromatic N) is 4. The number of halogens is 1. The molecule has 8 heteroatoms. The van der Waals surface area contributed by atoms with Gasteiger partial charge in [0.05, 0.1) is 10.6 Å². The predicted molar refractivity (Wildman–Crippen MR) is 72.5 cm³/mol. The Kier molecular flexibility index (Phi) is 2.96. The third-order valence-corrected chi connectivity index (χ3v) is 3.00. The summed E-state index contributed by atoms with van der Waals surface area (Å²) in [5, 5.41) is 19.9. The van der Waals surface area contributed by atoms with Gasteiger partial charge in [0.25, 0.3) is 0 Å². The van der Waals surface area contributed by atoms with Crippen molar-refractivity contribution in [1.82, 2.24) is 19.6 Å². The Morgan fingerprint density at radius 2 is 2.25 bits per heavy atom. The minimum absolute atomic E-state index is 0.0186. The first kappa shape index (κ1) is 12.4. The van der Waals surface area contributed by atoms with Crippen LogP contribution in [0, 0.1) is 0 Å². The normalized spacial score (nSPS) is 10.7. The number of carboxylic acid groups (broad SMARTS) is 1. The van der Waals surface area contributed by atoms with E-state index in [2.05, 4.69) is 20.5 Å². The van der Waals surface area contributed by atoms with E-state index in [-0.39, 0.29) is 10.6 Å². The molecule has 0 aliphatic carbocycles. The van der Waals surface area contributed by atoms with Gasteiger partial charge in [-0.2, -0.15) is 0 Å². The third kappa shape index (κ3) is 2.14. The van der Waals surface area contributed by atoms with E-state index in [1.54, 1.807) is 29.2 Å². The molecule has 2 heterocycles. The van der Waals surface area contributed by atoms with E-state index in [9.17, 15) is 4.79 Å². The van der Waals surface area contributed by atoms with Crippen LogP contribution in [-0.2, 0) is 0 Å². The summed E-state index contributed by atoms with van der Waals surface area (Å²) < 4.78 is 1.70. The molecule has 0 amide bonds. The quantitative estimate of drug-likeness (QED) is 0.768. The molecule has 100 valence electrons. The van der Waals surface area contributed by atoms with Crippen molar-refractivity contribution < 1.29 is 9.90 Å². The maximum absolute atomic E-state index is 11.0. The first-order valence-corrected chi connectivity index (χ1v) is 5.97. The van der Waals surface area contributed by atoms with Crippen molar-refractivity contribution >= 4 is 34.7 Å². The summed E-state index contributed by atoms with van der Waals surface area (Å²) in [7, 11) is 0. The Morgan fingerprint density at radius 1 is 1.40 bits per heavy atom. The number of anilines is 2. The SMILES string of the molecule is O=C(O)c1cc(Nc2nccn3cnnc23)ccc1Cl. The van der Waals surface area contributed by atoms with Crippen molar-refractivity contribution in [2.45, 2.75) is 0 Å². The average molecular weight is 290 g/mol. The van der Waals surface area contributed by atoms with Gasteiger partial charge >= 0.3 is 5.97 Å². The molecule has 0 radical (unpaired) electrons. The highest BCUT2D eigenvalue weighted by Gasteiger charge is 2.11. The second-order valence-corrected chi connectivity index (χ2v) is 4.37. The minimum atomic E-state index is -1.09. The molecule has 0 atom stereocenters. The standard InChI is InChI=1S/C12H8ClN5O2/c13-9-2-1-7(5-8(9)12(19)20)16-10-11-17-15-6-18(11)4-3-14-10/h1-6H,(H,14,16)(H,19,20). The number of nitrogens with one attached hydrogen (secondary N) is 1. The number of hydrogen-bond donors (Lipinski definition) is 2. The van der Waals surface area contributed by atoms with Gasteiger partial charge in [0, 0.05) is 18.1 Å². The summed E-state index contributed by atoms with van der Waals surface area (Å²) in [6, 6.07) is 4.61. The molecule has 0 saturated carbocycles. The van der Waals surface area contributed by atoms with Crippen molar-refractivity contribution in [3.05, 3.63) is 47.5 Å². The number of rotatable bonds is 3. The summed E-state index contributed by atoms with van der Waals surface area (Å²) in [5.74, 6) is -0.615. The van der Waals surface area contributed by atoms with Crippen molar-refractivity contribution in [3.63, 3.8) is 0 Å². The molecule has 0 fully saturated rings. The van der Waals surface area contributed by atoms with Gasteiger partial charge in [-0.15, -0.1) is 10.2 Å². The summed E-state index contributed by atoms with van der Waals surface area (Å²) in [4.78, 5) is 15.2. The van der Waals surface area contributed by atoms with Crippen LogP contribution in [0.15, 0.2) is 36.9 Å². The molecule has 0 aliphatic rings. The van der Waals surface area contributed by atoms with Crippen molar-refractivity contribution in [2.24, 2.45) is 0 Å². The van der Waals surface area contributed by atoms with E-state index >= 15 is 0 Å². The molecular formula is C12H8ClN5O2. The fourth-order valence-corrected chi connectivity index (χ4v) is 1.95. The fourth-order valence-electron chi connectivity index (χ4n) is 1.75. The number of hydrogen-bond acceptors (Lipinski definition) is 5. The van der Waals surface area contributed by atoms with Gasteiger partial charge in [-0.25, -0.2) is 9.78 Å². The van der Waals surface area contributed by atoms with Crippen LogP contribution in [0.5, 0.6) is 0 Å². The van der Waals surface area contributed by atoms with Crippen LogP contribution >= 0.6 is 11.6 Å². The largest absolute Gasteiger partial charge is 0.478 e. The number of benzene rings is 1. The molecule has 0 aliphatic heterocycles. The zero-order valence-corrected chi connectivity index (χ0v) is 10.7. The van der Waals surface area contributed by atoms with E-state index in [0.29, 0.717) is 17.2 Å². The van der Waals surface area contributed by atoms with Gasteiger partial charge in [-0.1, -0.05) is 11.6 Å². The number of aromatic nitrogens is 4. The predicted octanol–water partition coefficient (Wildman–Crippen LogP) is 2.22. The van der Waals surface area contributed by atoms with Crippen LogP contribution in [0.1, 0.15) is 10.4 Å². The maximum atomic E-state index is 11.0. The lowest BCUT2D eigenvalue weighted by Gasteiger charge is -2.07. The van der Waals surface area contributed by atoms with Crippen molar-refractivity contribution in [1.29, 1.82) is 0 Å². The first-order chi connectivity index (χ1) is 9.65. The Balaban J connectivity index is 2.01. The van der Waals surface area contributed by atoms with Crippen LogP contribution in [0.4, 0.5) is 11.5 Å².